The maximum absolute atomic E-state index is 14.0. The first-order valence-corrected chi connectivity index (χ1v) is 11.1. The molecular formula is C27H24F3N3O4. The number of nitro groups is 1. The van der Waals surface area contributed by atoms with Gasteiger partial charge < -0.3 is 10.4 Å². The second-order valence-electron chi connectivity index (χ2n) is 9.53. The van der Waals surface area contributed by atoms with Gasteiger partial charge in [0.25, 0.3) is 11.6 Å². The van der Waals surface area contributed by atoms with E-state index < -0.39 is 50.9 Å². The summed E-state index contributed by atoms with van der Waals surface area (Å²) >= 11 is 0. The van der Waals surface area contributed by atoms with Crippen LogP contribution >= 0.6 is 0 Å². The Balaban J connectivity index is 2.11. The fourth-order valence-electron chi connectivity index (χ4n) is 4.09. The number of halogens is 3. The minimum absolute atomic E-state index is 0.130. The summed E-state index contributed by atoms with van der Waals surface area (Å²) in [7, 11) is 0. The summed E-state index contributed by atoms with van der Waals surface area (Å²) in [5.74, 6) is -2.71. The molecule has 0 fully saturated rings. The van der Waals surface area contributed by atoms with Gasteiger partial charge in [0.1, 0.15) is 5.75 Å². The van der Waals surface area contributed by atoms with E-state index in [2.05, 4.69) is 5.32 Å². The number of hydrogen-bond donors (Lipinski definition) is 2. The number of nitro benzene ring substituents is 1. The number of carbonyl (C=O) groups excluding carboxylic acids is 1. The number of rotatable bonds is 5. The van der Waals surface area contributed by atoms with Gasteiger partial charge in [-0.1, -0.05) is 57.2 Å². The number of phenolic OH excluding ortho intramolecular Hbond substituents is 1. The second kappa shape index (κ2) is 9.93. The van der Waals surface area contributed by atoms with E-state index in [1.165, 1.54) is 19.1 Å². The highest BCUT2D eigenvalue weighted by Crippen LogP contribution is 2.41. The maximum Gasteiger partial charge on any atom is 0.416 e. The molecule has 1 atom stereocenters. The average Bonchev–Trinajstić information content (AvgIpc) is 2.79. The lowest BCUT2D eigenvalue weighted by Gasteiger charge is -2.23. The number of alkyl halides is 3. The van der Waals surface area contributed by atoms with Crippen LogP contribution in [0.4, 0.5) is 24.5 Å². The molecule has 192 valence electrons. The molecule has 0 bridgehead atoms. The molecule has 3 rings (SSSR count). The summed E-state index contributed by atoms with van der Waals surface area (Å²) in [6.45, 7) is 6.35. The van der Waals surface area contributed by atoms with Crippen molar-refractivity contribution in [2.45, 2.75) is 45.2 Å². The molecule has 0 aromatic heterocycles. The topological polar surface area (TPSA) is 116 Å². The number of aromatic hydroxyl groups is 1. The molecule has 3 aromatic carbocycles. The third-order valence-electron chi connectivity index (χ3n) is 5.95. The van der Waals surface area contributed by atoms with Gasteiger partial charge in [-0.2, -0.15) is 18.4 Å². The van der Waals surface area contributed by atoms with Gasteiger partial charge in [0.15, 0.2) is 0 Å². The highest BCUT2D eigenvalue weighted by atomic mass is 19.4. The molecule has 0 radical (unpaired) electrons. The van der Waals surface area contributed by atoms with E-state index in [4.69, 9.17) is 0 Å². The van der Waals surface area contributed by atoms with Crippen LogP contribution < -0.4 is 5.32 Å². The van der Waals surface area contributed by atoms with Crippen LogP contribution in [0.5, 0.6) is 5.75 Å². The van der Waals surface area contributed by atoms with Crippen LogP contribution in [0.2, 0.25) is 0 Å². The lowest BCUT2D eigenvalue weighted by molar-refractivity contribution is -0.385. The van der Waals surface area contributed by atoms with Crippen molar-refractivity contribution in [1.29, 1.82) is 5.26 Å². The number of phenols is 1. The van der Waals surface area contributed by atoms with E-state index in [0.717, 1.165) is 6.07 Å². The van der Waals surface area contributed by atoms with Crippen molar-refractivity contribution < 1.29 is 28.0 Å². The summed E-state index contributed by atoms with van der Waals surface area (Å²) in [4.78, 5) is 24.0. The molecule has 10 heteroatoms. The van der Waals surface area contributed by atoms with Crippen molar-refractivity contribution in [1.82, 2.24) is 0 Å². The van der Waals surface area contributed by atoms with Gasteiger partial charge in [0.2, 0.25) is 0 Å². The molecule has 0 aliphatic heterocycles. The van der Waals surface area contributed by atoms with Gasteiger partial charge in [0, 0.05) is 22.9 Å². The van der Waals surface area contributed by atoms with Crippen molar-refractivity contribution in [2.75, 3.05) is 5.32 Å². The van der Waals surface area contributed by atoms with Crippen LogP contribution in [0.1, 0.15) is 64.9 Å². The number of nitrogens with one attached hydrogen (secondary N) is 1. The van der Waals surface area contributed by atoms with Crippen molar-refractivity contribution in [3.05, 3.63) is 98.1 Å². The molecule has 2 N–H and O–H groups in total. The molecule has 0 saturated carbocycles. The van der Waals surface area contributed by atoms with Crippen LogP contribution in [-0.4, -0.2) is 15.9 Å². The van der Waals surface area contributed by atoms with Gasteiger partial charge in [-0.3, -0.25) is 14.9 Å². The molecule has 0 heterocycles. The predicted octanol–water partition coefficient (Wildman–Crippen LogP) is 6.83. The zero-order chi connectivity index (χ0) is 27.7. The van der Waals surface area contributed by atoms with E-state index in [0.29, 0.717) is 11.6 Å². The van der Waals surface area contributed by atoms with Gasteiger partial charge in [0.05, 0.1) is 28.0 Å². The minimum Gasteiger partial charge on any atom is -0.507 e. The molecular weight excluding hydrogens is 487 g/mol. The summed E-state index contributed by atoms with van der Waals surface area (Å²) in [5.41, 5.74) is -2.86. The summed E-state index contributed by atoms with van der Waals surface area (Å²) in [6, 6.07) is 14.1. The Morgan fingerprint density at radius 2 is 1.70 bits per heavy atom. The van der Waals surface area contributed by atoms with Crippen LogP contribution in [0.25, 0.3) is 0 Å². The highest BCUT2D eigenvalue weighted by molar-refractivity contribution is 6.08. The van der Waals surface area contributed by atoms with Gasteiger partial charge in [-0.15, -0.1) is 0 Å². The van der Waals surface area contributed by atoms with E-state index in [9.17, 15) is 38.4 Å². The first-order chi connectivity index (χ1) is 17.2. The smallest absolute Gasteiger partial charge is 0.416 e. The summed E-state index contributed by atoms with van der Waals surface area (Å²) < 4.78 is 42.1. The van der Waals surface area contributed by atoms with E-state index >= 15 is 0 Å². The molecule has 1 unspecified atom stereocenters. The number of benzene rings is 3. The monoisotopic (exact) mass is 511 g/mol. The Morgan fingerprint density at radius 3 is 2.22 bits per heavy atom. The summed E-state index contributed by atoms with van der Waals surface area (Å²) in [5, 5.41) is 34.4. The molecule has 0 saturated heterocycles. The standard InChI is InChI=1S/C27H24F3N3O4/c1-15-22(33(36)37)13-21(26(2,3)4)24(34)23(15)25(35)32-17-10-11-18(20(12-17)27(28,29)30)19(14-31)16-8-6-5-7-9-16/h5-13,19,34H,1-4H3,(H,32,35). The van der Waals surface area contributed by atoms with Crippen LogP contribution in [0.15, 0.2) is 54.6 Å². The van der Waals surface area contributed by atoms with Gasteiger partial charge in [-0.05, 0) is 35.6 Å². The number of amides is 1. The lowest BCUT2D eigenvalue weighted by Crippen LogP contribution is -2.20. The third kappa shape index (κ3) is 5.56. The number of hydrogen-bond acceptors (Lipinski definition) is 5. The molecule has 0 aliphatic carbocycles. The Labute approximate surface area is 211 Å². The minimum atomic E-state index is -4.84. The number of anilines is 1. The van der Waals surface area contributed by atoms with Gasteiger partial charge in [-0.25, -0.2) is 0 Å². The molecule has 1 amide bonds. The van der Waals surface area contributed by atoms with Crippen molar-refractivity contribution >= 4 is 17.3 Å². The largest absolute Gasteiger partial charge is 0.507 e. The quantitative estimate of drug-likeness (QED) is 0.288. The summed E-state index contributed by atoms with van der Waals surface area (Å²) in [6.07, 6.45) is -4.84. The third-order valence-corrected chi connectivity index (χ3v) is 5.95. The first kappa shape index (κ1) is 27.2. The van der Waals surface area contributed by atoms with Crippen molar-refractivity contribution in [2.24, 2.45) is 0 Å². The molecule has 3 aromatic rings. The lowest BCUT2D eigenvalue weighted by atomic mass is 9.83. The molecule has 0 aliphatic rings. The molecule has 37 heavy (non-hydrogen) atoms. The second-order valence-corrected chi connectivity index (χ2v) is 9.53. The number of nitrogens with zero attached hydrogens (tertiary/aromatic N) is 2. The Morgan fingerprint density at radius 1 is 1.08 bits per heavy atom. The normalized spacial score (nSPS) is 12.5. The number of nitriles is 1. The Hall–Kier alpha value is -4.39. The number of carbonyl (C=O) groups is 1. The Kier molecular flexibility index (Phi) is 7.30. The zero-order valence-electron chi connectivity index (χ0n) is 20.5. The maximum atomic E-state index is 14.0. The SMILES string of the molecule is Cc1c([N+](=O)[O-])cc(C(C)(C)C)c(O)c1C(=O)Nc1ccc(C(C#N)c2ccccc2)c(C(F)(F)F)c1. The van der Waals surface area contributed by atoms with E-state index in [-0.39, 0.29) is 22.4 Å². The highest BCUT2D eigenvalue weighted by Gasteiger charge is 2.37. The molecule has 7 nitrogen and oxygen atoms in total. The van der Waals surface area contributed by atoms with Crippen molar-refractivity contribution in [3.63, 3.8) is 0 Å². The van der Waals surface area contributed by atoms with E-state index in [1.54, 1.807) is 51.1 Å². The Bertz CT molecular complexity index is 1410. The fraction of sp³-hybridized carbons (Fsp3) is 0.259. The van der Waals surface area contributed by atoms with Crippen LogP contribution in [-0.2, 0) is 11.6 Å². The first-order valence-electron chi connectivity index (χ1n) is 11.1. The predicted molar refractivity (Wildman–Crippen MR) is 131 cm³/mol. The van der Waals surface area contributed by atoms with E-state index in [1.807, 2.05) is 6.07 Å². The van der Waals surface area contributed by atoms with Crippen LogP contribution in [0, 0.1) is 28.4 Å². The average molecular weight is 512 g/mol. The molecule has 0 spiro atoms. The fourth-order valence-corrected chi connectivity index (χ4v) is 4.09. The van der Waals surface area contributed by atoms with Gasteiger partial charge >= 0.3 is 6.18 Å². The zero-order valence-corrected chi connectivity index (χ0v) is 20.5. The van der Waals surface area contributed by atoms with Crippen molar-refractivity contribution in [3.8, 4) is 11.8 Å². The van der Waals surface area contributed by atoms with Crippen LogP contribution in [0.3, 0.4) is 0 Å².